The predicted molar refractivity (Wildman–Crippen MR) is 83.2 cm³/mol. The summed E-state index contributed by atoms with van der Waals surface area (Å²) in [5, 5.41) is 2.54. The molecule has 0 aliphatic carbocycles. The molecule has 21 heavy (non-hydrogen) atoms. The van der Waals surface area contributed by atoms with Crippen LogP contribution in [0.2, 0.25) is 0 Å². The van der Waals surface area contributed by atoms with Crippen molar-refractivity contribution in [2.45, 2.75) is 32.9 Å². The van der Waals surface area contributed by atoms with E-state index in [0.29, 0.717) is 5.56 Å². The number of carbonyl (C=O) groups is 1. The number of hydrogen-bond acceptors (Lipinski definition) is 4. The Morgan fingerprint density at radius 2 is 1.81 bits per heavy atom. The third kappa shape index (κ3) is 6.24. The van der Waals surface area contributed by atoms with Gasteiger partial charge in [0.1, 0.15) is 6.04 Å². The second-order valence-corrected chi connectivity index (χ2v) is 7.14. The highest BCUT2D eigenvalue weighted by Crippen LogP contribution is 2.11. The molecule has 0 fully saturated rings. The monoisotopic (exact) mass is 313 g/mol. The molecule has 6 nitrogen and oxygen atoms in total. The van der Waals surface area contributed by atoms with Crippen LogP contribution in [0.1, 0.15) is 31.0 Å². The van der Waals surface area contributed by atoms with Crippen molar-refractivity contribution in [1.82, 2.24) is 10.0 Å². The van der Waals surface area contributed by atoms with Crippen LogP contribution in [0, 0.1) is 6.92 Å². The van der Waals surface area contributed by atoms with E-state index in [4.69, 9.17) is 5.73 Å². The van der Waals surface area contributed by atoms with Crippen LogP contribution >= 0.6 is 0 Å². The molecule has 118 valence electrons. The molecule has 1 unspecified atom stereocenters. The molecule has 1 aromatic rings. The lowest BCUT2D eigenvalue weighted by Gasteiger charge is -2.14. The van der Waals surface area contributed by atoms with Gasteiger partial charge in [0.2, 0.25) is 15.9 Å². The Hall–Kier alpha value is -1.44. The number of sulfonamides is 1. The van der Waals surface area contributed by atoms with Gasteiger partial charge in [-0.25, -0.2) is 13.1 Å². The fourth-order valence-electron chi connectivity index (χ4n) is 1.76. The molecule has 4 N–H and O–H groups in total. The van der Waals surface area contributed by atoms with Crippen molar-refractivity contribution < 1.29 is 13.2 Å². The summed E-state index contributed by atoms with van der Waals surface area (Å²) >= 11 is 0. The Morgan fingerprint density at radius 1 is 1.24 bits per heavy atom. The first-order valence-electron chi connectivity index (χ1n) is 6.81. The van der Waals surface area contributed by atoms with E-state index in [9.17, 15) is 13.2 Å². The summed E-state index contributed by atoms with van der Waals surface area (Å²) < 4.78 is 25.7. The van der Waals surface area contributed by atoms with Gasteiger partial charge in [0, 0.05) is 12.6 Å². The number of amides is 1. The minimum Gasteiger partial charge on any atom is -0.353 e. The van der Waals surface area contributed by atoms with Crippen molar-refractivity contribution in [2.75, 3.05) is 12.3 Å². The number of rotatable bonds is 7. The molecule has 0 aliphatic heterocycles. The molecule has 0 spiro atoms. The zero-order valence-corrected chi connectivity index (χ0v) is 13.4. The van der Waals surface area contributed by atoms with Gasteiger partial charge in [0.15, 0.2) is 0 Å². The first kappa shape index (κ1) is 17.6. The number of benzene rings is 1. The number of carbonyl (C=O) groups excluding carboxylic acids is 1. The van der Waals surface area contributed by atoms with Gasteiger partial charge >= 0.3 is 0 Å². The Kier molecular flexibility index (Phi) is 6.32. The first-order valence-corrected chi connectivity index (χ1v) is 8.46. The first-order chi connectivity index (χ1) is 9.71. The van der Waals surface area contributed by atoms with Crippen molar-refractivity contribution in [1.29, 1.82) is 0 Å². The molecule has 0 heterocycles. The van der Waals surface area contributed by atoms with E-state index in [2.05, 4.69) is 10.0 Å². The van der Waals surface area contributed by atoms with E-state index in [1.54, 1.807) is 26.0 Å². The van der Waals surface area contributed by atoms with Crippen LogP contribution in [-0.4, -0.2) is 32.7 Å². The fraction of sp³-hybridized carbons (Fsp3) is 0.500. The van der Waals surface area contributed by atoms with Crippen molar-refractivity contribution in [3.8, 4) is 0 Å². The maximum Gasteiger partial charge on any atom is 0.241 e. The van der Waals surface area contributed by atoms with Crippen LogP contribution in [0.5, 0.6) is 0 Å². The predicted octanol–water partition coefficient (Wildman–Crippen LogP) is 0.439. The average molecular weight is 313 g/mol. The third-order valence-electron chi connectivity index (χ3n) is 2.80. The second kappa shape index (κ2) is 7.53. The van der Waals surface area contributed by atoms with Gasteiger partial charge in [-0.1, -0.05) is 29.8 Å². The smallest absolute Gasteiger partial charge is 0.241 e. The third-order valence-corrected chi connectivity index (χ3v) is 4.38. The molecule has 1 atom stereocenters. The summed E-state index contributed by atoms with van der Waals surface area (Å²) in [4.78, 5) is 11.9. The zero-order chi connectivity index (χ0) is 16.0. The number of nitrogens with one attached hydrogen (secondary N) is 2. The molecule has 0 radical (unpaired) electrons. The molecule has 0 saturated heterocycles. The van der Waals surface area contributed by atoms with Gasteiger partial charge in [-0.2, -0.15) is 0 Å². The van der Waals surface area contributed by atoms with Crippen molar-refractivity contribution >= 4 is 15.9 Å². The van der Waals surface area contributed by atoms with E-state index < -0.39 is 22.0 Å². The van der Waals surface area contributed by atoms with Gasteiger partial charge in [-0.15, -0.1) is 0 Å². The summed E-state index contributed by atoms with van der Waals surface area (Å²) in [6, 6.07) is 6.36. The zero-order valence-electron chi connectivity index (χ0n) is 12.6. The maximum absolute atomic E-state index is 11.9. The molecule has 0 aromatic heterocycles. The van der Waals surface area contributed by atoms with Gasteiger partial charge < -0.3 is 11.1 Å². The van der Waals surface area contributed by atoms with Crippen LogP contribution < -0.4 is 15.8 Å². The number of nitrogens with two attached hydrogens (primary N) is 1. The highest BCUT2D eigenvalue weighted by Gasteiger charge is 2.17. The maximum atomic E-state index is 11.9. The van der Waals surface area contributed by atoms with Gasteiger partial charge in [-0.3, -0.25) is 4.79 Å². The highest BCUT2D eigenvalue weighted by molar-refractivity contribution is 7.89. The van der Waals surface area contributed by atoms with Crippen molar-refractivity contribution in [2.24, 2.45) is 5.73 Å². The van der Waals surface area contributed by atoms with E-state index in [1.807, 2.05) is 19.1 Å². The minimum atomic E-state index is -3.38. The van der Waals surface area contributed by atoms with E-state index in [1.165, 1.54) is 0 Å². The van der Waals surface area contributed by atoms with E-state index in [0.717, 1.165) is 5.56 Å². The lowest BCUT2D eigenvalue weighted by Crippen LogP contribution is -2.40. The molecule has 0 saturated carbocycles. The topological polar surface area (TPSA) is 101 Å². The molecular weight excluding hydrogens is 290 g/mol. The Morgan fingerprint density at radius 3 is 2.33 bits per heavy atom. The van der Waals surface area contributed by atoms with E-state index >= 15 is 0 Å². The molecule has 0 aliphatic rings. The molecule has 1 amide bonds. The van der Waals surface area contributed by atoms with Gasteiger partial charge in [0.05, 0.1) is 5.75 Å². The summed E-state index contributed by atoms with van der Waals surface area (Å²) in [7, 11) is -3.38. The van der Waals surface area contributed by atoms with Crippen molar-refractivity contribution in [3.05, 3.63) is 35.4 Å². The summed E-state index contributed by atoms with van der Waals surface area (Å²) in [5.74, 6) is -0.559. The standard InChI is InChI=1S/C14H23N3O3S/c1-10(2)17-21(19,20)9-8-16-14(18)13(15)12-6-4-11(3)5-7-12/h4-7,10,13,17H,8-9,15H2,1-3H3,(H,16,18). The Bertz CT molecular complexity index is 568. The Balaban J connectivity index is 2.49. The highest BCUT2D eigenvalue weighted by atomic mass is 32.2. The number of hydrogen-bond donors (Lipinski definition) is 3. The molecule has 0 bridgehead atoms. The van der Waals surface area contributed by atoms with Crippen LogP contribution in [0.15, 0.2) is 24.3 Å². The second-order valence-electron chi connectivity index (χ2n) is 5.27. The number of aryl methyl sites for hydroxylation is 1. The summed E-state index contributed by atoms with van der Waals surface area (Å²) in [5.41, 5.74) is 7.62. The summed E-state index contributed by atoms with van der Waals surface area (Å²) in [6.45, 7) is 5.45. The molecular formula is C14H23N3O3S. The average Bonchev–Trinajstić information content (AvgIpc) is 2.36. The normalized spacial score (nSPS) is 13.2. The largest absolute Gasteiger partial charge is 0.353 e. The lowest BCUT2D eigenvalue weighted by molar-refractivity contribution is -0.122. The SMILES string of the molecule is Cc1ccc(C(N)C(=O)NCCS(=O)(=O)NC(C)C)cc1. The van der Waals surface area contributed by atoms with Gasteiger partial charge in [-0.05, 0) is 26.3 Å². The molecule has 1 aromatic carbocycles. The fourth-order valence-corrected chi connectivity index (χ4v) is 2.97. The van der Waals surface area contributed by atoms with Crippen LogP contribution in [0.25, 0.3) is 0 Å². The van der Waals surface area contributed by atoms with Crippen molar-refractivity contribution in [3.63, 3.8) is 0 Å². The van der Waals surface area contributed by atoms with Crippen LogP contribution in [0.4, 0.5) is 0 Å². The quantitative estimate of drug-likeness (QED) is 0.680. The lowest BCUT2D eigenvalue weighted by atomic mass is 10.1. The van der Waals surface area contributed by atoms with Crippen LogP contribution in [0.3, 0.4) is 0 Å². The minimum absolute atomic E-state index is 0.0282. The summed E-state index contributed by atoms with van der Waals surface area (Å²) in [6.07, 6.45) is 0. The van der Waals surface area contributed by atoms with E-state index in [-0.39, 0.29) is 18.3 Å². The Labute approximate surface area is 126 Å². The van der Waals surface area contributed by atoms with Crippen LogP contribution in [-0.2, 0) is 14.8 Å². The molecule has 1 rings (SSSR count). The van der Waals surface area contributed by atoms with Gasteiger partial charge in [0.25, 0.3) is 0 Å². The molecule has 7 heteroatoms.